The fraction of sp³-hybridized carbons (Fsp3) is 0.636. The van der Waals surface area contributed by atoms with Crippen LogP contribution in [-0.4, -0.2) is 35.5 Å². The predicted octanol–water partition coefficient (Wildman–Crippen LogP) is 2.59. The quantitative estimate of drug-likeness (QED) is 0.795. The van der Waals surface area contributed by atoms with E-state index in [1.165, 1.54) is 0 Å². The summed E-state index contributed by atoms with van der Waals surface area (Å²) in [6.45, 7) is 3.11. The number of nitrogens with zero attached hydrogens (tertiary/aromatic N) is 3. The van der Waals surface area contributed by atoms with Crippen molar-refractivity contribution in [3.05, 3.63) is 11.2 Å². The van der Waals surface area contributed by atoms with Gasteiger partial charge in [0, 0.05) is 18.5 Å². The van der Waals surface area contributed by atoms with Crippen molar-refractivity contribution < 1.29 is 4.74 Å². The van der Waals surface area contributed by atoms with E-state index in [0.717, 1.165) is 13.0 Å². The van der Waals surface area contributed by atoms with Crippen LogP contribution in [0.5, 0.6) is 6.01 Å². The van der Waals surface area contributed by atoms with Crippen molar-refractivity contribution in [3.63, 3.8) is 0 Å². The van der Waals surface area contributed by atoms with Crippen LogP contribution in [0.25, 0.3) is 0 Å². The fourth-order valence-electron chi connectivity index (χ4n) is 2.15. The summed E-state index contributed by atoms with van der Waals surface area (Å²) in [5, 5.41) is 0.537. The molecule has 2 atom stereocenters. The van der Waals surface area contributed by atoms with E-state index in [9.17, 15) is 0 Å². The Balaban J connectivity index is 2.32. The highest BCUT2D eigenvalue weighted by atomic mass is 35.5. The lowest BCUT2D eigenvalue weighted by atomic mass is 10.1. The first-order valence-corrected chi connectivity index (χ1v) is 6.47. The zero-order chi connectivity index (χ0) is 12.4. The summed E-state index contributed by atoms with van der Waals surface area (Å²) in [6, 6.07) is 0.603. The van der Waals surface area contributed by atoms with Gasteiger partial charge in [-0.25, -0.2) is 4.98 Å². The van der Waals surface area contributed by atoms with Crippen LogP contribution < -0.4 is 9.64 Å². The highest BCUT2D eigenvalue weighted by Crippen LogP contribution is 2.33. The number of halogens is 2. The first-order chi connectivity index (χ1) is 8.17. The van der Waals surface area contributed by atoms with Gasteiger partial charge in [0.15, 0.2) is 5.82 Å². The zero-order valence-electron chi connectivity index (χ0n) is 9.86. The molecular weight excluding hydrogens is 261 g/mol. The molecule has 1 aromatic heterocycles. The molecule has 0 amide bonds. The Kier molecular flexibility index (Phi) is 3.94. The molecule has 1 aliphatic rings. The number of rotatable bonds is 3. The van der Waals surface area contributed by atoms with Gasteiger partial charge in [-0.15, -0.1) is 11.6 Å². The standard InChI is InChI=1S/C11H15Cl2N3O/c1-7-3-4-16(9(7)5-12)10-8(13)6-14-11(15-10)17-2/h6-7,9H,3-5H2,1-2H3. The van der Waals surface area contributed by atoms with Gasteiger partial charge in [0.25, 0.3) is 0 Å². The molecule has 0 bridgehead atoms. The molecule has 0 aliphatic carbocycles. The third-order valence-corrected chi connectivity index (χ3v) is 3.78. The van der Waals surface area contributed by atoms with E-state index in [4.69, 9.17) is 27.9 Å². The minimum atomic E-state index is 0.272. The molecule has 94 valence electrons. The third-order valence-electron chi connectivity index (χ3n) is 3.20. The number of hydrogen-bond donors (Lipinski definition) is 0. The van der Waals surface area contributed by atoms with Crippen molar-refractivity contribution in [3.8, 4) is 6.01 Å². The normalized spacial score (nSPS) is 24.1. The molecule has 1 fully saturated rings. The van der Waals surface area contributed by atoms with E-state index < -0.39 is 0 Å². The lowest BCUT2D eigenvalue weighted by molar-refractivity contribution is 0.379. The molecule has 2 rings (SSSR count). The van der Waals surface area contributed by atoms with Crippen molar-refractivity contribution >= 4 is 29.0 Å². The first kappa shape index (κ1) is 12.7. The van der Waals surface area contributed by atoms with Crippen LogP contribution in [0.3, 0.4) is 0 Å². The summed E-state index contributed by atoms with van der Waals surface area (Å²) < 4.78 is 5.02. The molecule has 0 aromatic carbocycles. The second kappa shape index (κ2) is 5.27. The maximum atomic E-state index is 6.14. The molecule has 4 nitrogen and oxygen atoms in total. The minimum absolute atomic E-state index is 0.272. The largest absolute Gasteiger partial charge is 0.467 e. The molecule has 0 spiro atoms. The van der Waals surface area contributed by atoms with Gasteiger partial charge in [-0.1, -0.05) is 18.5 Å². The average molecular weight is 276 g/mol. The summed E-state index contributed by atoms with van der Waals surface area (Å²) >= 11 is 12.2. The Morgan fingerprint density at radius 1 is 1.59 bits per heavy atom. The van der Waals surface area contributed by atoms with Gasteiger partial charge in [-0.2, -0.15) is 4.98 Å². The maximum Gasteiger partial charge on any atom is 0.318 e. The number of anilines is 1. The topological polar surface area (TPSA) is 38.2 Å². The van der Waals surface area contributed by atoms with Crippen LogP contribution in [0.2, 0.25) is 5.02 Å². The van der Waals surface area contributed by atoms with Crippen LogP contribution in [0.1, 0.15) is 13.3 Å². The smallest absolute Gasteiger partial charge is 0.318 e. The molecule has 1 saturated heterocycles. The molecule has 2 heterocycles. The molecule has 17 heavy (non-hydrogen) atoms. The lowest BCUT2D eigenvalue weighted by Crippen LogP contribution is -2.34. The monoisotopic (exact) mass is 275 g/mol. The molecule has 6 heteroatoms. The summed E-state index contributed by atoms with van der Waals surface area (Å²) in [5.41, 5.74) is 0. The van der Waals surface area contributed by atoms with Crippen molar-refractivity contribution in [2.24, 2.45) is 5.92 Å². The van der Waals surface area contributed by atoms with Gasteiger partial charge in [0.05, 0.1) is 13.3 Å². The number of ether oxygens (including phenoxy) is 1. The molecule has 0 N–H and O–H groups in total. The predicted molar refractivity (Wildman–Crippen MR) is 69.2 cm³/mol. The first-order valence-electron chi connectivity index (χ1n) is 5.56. The third kappa shape index (κ3) is 2.43. The van der Waals surface area contributed by atoms with Crippen LogP contribution in [0.15, 0.2) is 6.20 Å². The molecule has 1 aromatic rings. The molecular formula is C11H15Cl2N3O. The number of methoxy groups -OCH3 is 1. The minimum Gasteiger partial charge on any atom is -0.467 e. The number of aromatic nitrogens is 2. The highest BCUT2D eigenvalue weighted by Gasteiger charge is 2.32. The van der Waals surface area contributed by atoms with Crippen LogP contribution in [-0.2, 0) is 0 Å². The Hall–Kier alpha value is -0.740. The fourth-order valence-corrected chi connectivity index (χ4v) is 2.82. The van der Waals surface area contributed by atoms with E-state index in [1.807, 2.05) is 0 Å². The Labute approximate surface area is 111 Å². The summed E-state index contributed by atoms with van der Waals surface area (Å²) in [5.74, 6) is 1.84. The van der Waals surface area contributed by atoms with Crippen molar-refractivity contribution in [2.75, 3.05) is 24.4 Å². The van der Waals surface area contributed by atoms with Crippen LogP contribution in [0, 0.1) is 5.92 Å². The van der Waals surface area contributed by atoms with Gasteiger partial charge in [0.2, 0.25) is 0 Å². The van der Waals surface area contributed by atoms with Gasteiger partial charge in [-0.05, 0) is 12.3 Å². The van der Waals surface area contributed by atoms with E-state index in [1.54, 1.807) is 13.3 Å². The van der Waals surface area contributed by atoms with Crippen LogP contribution >= 0.6 is 23.2 Å². The lowest BCUT2D eigenvalue weighted by Gasteiger charge is -2.26. The maximum absolute atomic E-state index is 6.14. The van der Waals surface area contributed by atoms with Gasteiger partial charge >= 0.3 is 6.01 Å². The number of hydrogen-bond acceptors (Lipinski definition) is 4. The molecule has 0 radical (unpaired) electrons. The van der Waals surface area contributed by atoms with Gasteiger partial charge in [0.1, 0.15) is 5.02 Å². The van der Waals surface area contributed by atoms with E-state index in [0.29, 0.717) is 28.6 Å². The Morgan fingerprint density at radius 3 is 3.00 bits per heavy atom. The Bertz CT molecular complexity index is 402. The average Bonchev–Trinajstić information content (AvgIpc) is 2.71. The summed E-state index contributed by atoms with van der Waals surface area (Å²) in [7, 11) is 1.54. The second-order valence-corrected chi connectivity index (χ2v) is 4.93. The van der Waals surface area contributed by atoms with Crippen molar-refractivity contribution in [1.82, 2.24) is 9.97 Å². The summed E-state index contributed by atoms with van der Waals surface area (Å²) in [6.07, 6.45) is 2.66. The van der Waals surface area contributed by atoms with Crippen molar-refractivity contribution in [1.29, 1.82) is 0 Å². The second-order valence-electron chi connectivity index (χ2n) is 4.21. The van der Waals surface area contributed by atoms with Gasteiger partial charge < -0.3 is 9.64 Å². The highest BCUT2D eigenvalue weighted by molar-refractivity contribution is 6.32. The van der Waals surface area contributed by atoms with E-state index in [-0.39, 0.29) is 6.04 Å². The molecule has 0 saturated carbocycles. The Morgan fingerprint density at radius 2 is 2.35 bits per heavy atom. The zero-order valence-corrected chi connectivity index (χ0v) is 11.4. The molecule has 1 aliphatic heterocycles. The SMILES string of the molecule is COc1ncc(Cl)c(N2CCC(C)C2CCl)n1. The van der Waals surface area contributed by atoms with E-state index >= 15 is 0 Å². The van der Waals surface area contributed by atoms with Crippen LogP contribution in [0.4, 0.5) is 5.82 Å². The number of alkyl halides is 1. The van der Waals surface area contributed by atoms with Crippen molar-refractivity contribution in [2.45, 2.75) is 19.4 Å². The van der Waals surface area contributed by atoms with E-state index in [2.05, 4.69) is 21.8 Å². The summed E-state index contributed by atoms with van der Waals surface area (Å²) in [4.78, 5) is 10.4. The van der Waals surface area contributed by atoms with Gasteiger partial charge in [-0.3, -0.25) is 0 Å². The molecule has 2 unspecified atom stereocenters.